The molecule has 3 heteroatoms. The third-order valence-electron chi connectivity index (χ3n) is 2.62. The van der Waals surface area contributed by atoms with Gasteiger partial charge in [0.25, 0.3) is 0 Å². The Labute approximate surface area is 123 Å². The van der Waals surface area contributed by atoms with Crippen LogP contribution in [-0.4, -0.2) is 16.3 Å². The van der Waals surface area contributed by atoms with E-state index in [0.717, 1.165) is 12.8 Å². The van der Waals surface area contributed by atoms with Gasteiger partial charge in [-0.05, 0) is 37.1 Å². The monoisotopic (exact) mass is 290 g/mol. The molecule has 0 saturated heterocycles. The summed E-state index contributed by atoms with van der Waals surface area (Å²) in [6.07, 6.45) is 1.86. The van der Waals surface area contributed by atoms with Gasteiger partial charge in [-0.2, -0.15) is 0 Å². The van der Waals surface area contributed by atoms with Gasteiger partial charge in [-0.15, -0.1) is 23.5 Å². The first-order chi connectivity index (χ1) is 9.38. The SMILES string of the molecule is OCCCC(Sc1ccccc1)Sc1ccccc1. The maximum atomic E-state index is 9.03. The minimum atomic E-state index is 0.265. The summed E-state index contributed by atoms with van der Waals surface area (Å²) in [5.41, 5.74) is 0. The van der Waals surface area contributed by atoms with Crippen LogP contribution in [0.25, 0.3) is 0 Å². The van der Waals surface area contributed by atoms with Gasteiger partial charge >= 0.3 is 0 Å². The molecule has 0 heterocycles. The van der Waals surface area contributed by atoms with E-state index in [1.54, 1.807) is 0 Å². The molecule has 2 rings (SSSR count). The summed E-state index contributed by atoms with van der Waals surface area (Å²) in [4.78, 5) is 2.57. The lowest BCUT2D eigenvalue weighted by atomic mass is 10.3. The van der Waals surface area contributed by atoms with Crippen molar-refractivity contribution in [1.29, 1.82) is 0 Å². The average Bonchev–Trinajstić information content (AvgIpc) is 2.47. The van der Waals surface area contributed by atoms with Gasteiger partial charge in [0.2, 0.25) is 0 Å². The Hall–Kier alpha value is -0.900. The number of thioether (sulfide) groups is 2. The Morgan fingerprint density at radius 2 is 1.26 bits per heavy atom. The van der Waals surface area contributed by atoms with E-state index in [1.165, 1.54) is 9.79 Å². The van der Waals surface area contributed by atoms with E-state index >= 15 is 0 Å². The van der Waals surface area contributed by atoms with Crippen LogP contribution in [0, 0.1) is 0 Å². The first-order valence-corrected chi connectivity index (χ1v) is 8.18. The Kier molecular flexibility index (Phi) is 6.34. The van der Waals surface area contributed by atoms with E-state index in [2.05, 4.69) is 48.5 Å². The quantitative estimate of drug-likeness (QED) is 0.591. The number of hydrogen-bond donors (Lipinski definition) is 1. The highest BCUT2D eigenvalue weighted by Gasteiger charge is 2.11. The zero-order valence-electron chi connectivity index (χ0n) is 10.7. The van der Waals surface area contributed by atoms with Crippen molar-refractivity contribution in [2.75, 3.05) is 6.61 Å². The molecular formula is C16H18OS2. The molecule has 0 unspecified atom stereocenters. The van der Waals surface area contributed by atoms with Crippen molar-refractivity contribution in [3.05, 3.63) is 60.7 Å². The van der Waals surface area contributed by atoms with Crippen molar-refractivity contribution >= 4 is 23.5 Å². The van der Waals surface area contributed by atoms with Gasteiger partial charge < -0.3 is 5.11 Å². The third-order valence-corrected chi connectivity index (χ3v) is 5.28. The molecule has 0 bridgehead atoms. The van der Waals surface area contributed by atoms with Crippen LogP contribution in [0.4, 0.5) is 0 Å². The molecule has 19 heavy (non-hydrogen) atoms. The fraction of sp³-hybridized carbons (Fsp3) is 0.250. The van der Waals surface area contributed by atoms with Crippen molar-refractivity contribution < 1.29 is 5.11 Å². The van der Waals surface area contributed by atoms with Crippen LogP contribution in [-0.2, 0) is 0 Å². The molecule has 0 spiro atoms. The first kappa shape index (κ1) is 14.5. The zero-order chi connectivity index (χ0) is 13.3. The summed E-state index contributed by atoms with van der Waals surface area (Å²) in [6, 6.07) is 20.9. The third kappa shape index (κ3) is 5.31. The molecule has 2 aromatic rings. The van der Waals surface area contributed by atoms with Gasteiger partial charge in [0.15, 0.2) is 0 Å². The van der Waals surface area contributed by atoms with Crippen LogP contribution >= 0.6 is 23.5 Å². The van der Waals surface area contributed by atoms with Crippen molar-refractivity contribution in [3.8, 4) is 0 Å². The second-order valence-electron chi connectivity index (χ2n) is 4.16. The second-order valence-corrected chi connectivity index (χ2v) is 7.01. The summed E-state index contributed by atoms with van der Waals surface area (Å²) in [6.45, 7) is 0.265. The van der Waals surface area contributed by atoms with Crippen LogP contribution in [0.15, 0.2) is 70.5 Å². The summed E-state index contributed by atoms with van der Waals surface area (Å²) < 4.78 is 0.442. The Morgan fingerprint density at radius 3 is 1.68 bits per heavy atom. The van der Waals surface area contributed by atoms with E-state index in [1.807, 2.05) is 35.7 Å². The van der Waals surface area contributed by atoms with E-state index in [4.69, 9.17) is 5.11 Å². The largest absolute Gasteiger partial charge is 0.396 e. The first-order valence-electron chi connectivity index (χ1n) is 6.43. The molecule has 0 aliphatic heterocycles. The molecule has 0 radical (unpaired) electrons. The van der Waals surface area contributed by atoms with Crippen molar-refractivity contribution in [1.82, 2.24) is 0 Å². The van der Waals surface area contributed by atoms with Gasteiger partial charge in [0.1, 0.15) is 0 Å². The highest BCUT2D eigenvalue weighted by atomic mass is 32.2. The van der Waals surface area contributed by atoms with Gasteiger partial charge in [-0.25, -0.2) is 0 Å². The molecule has 0 aliphatic rings. The molecule has 2 aromatic carbocycles. The smallest absolute Gasteiger partial charge is 0.0597 e. The van der Waals surface area contributed by atoms with Crippen LogP contribution in [0.1, 0.15) is 12.8 Å². The number of rotatable bonds is 7. The maximum absolute atomic E-state index is 9.03. The number of aliphatic hydroxyl groups is 1. The molecule has 0 amide bonds. The average molecular weight is 290 g/mol. The van der Waals surface area contributed by atoms with Gasteiger partial charge in [0, 0.05) is 16.4 Å². The van der Waals surface area contributed by atoms with E-state index in [-0.39, 0.29) is 6.61 Å². The number of benzene rings is 2. The van der Waals surface area contributed by atoms with Gasteiger partial charge in [-0.1, -0.05) is 36.4 Å². The fourth-order valence-corrected chi connectivity index (χ4v) is 4.37. The predicted molar refractivity (Wildman–Crippen MR) is 84.7 cm³/mol. The van der Waals surface area contributed by atoms with Crippen molar-refractivity contribution in [2.45, 2.75) is 27.2 Å². The molecule has 0 aliphatic carbocycles. The van der Waals surface area contributed by atoms with Crippen LogP contribution in [0.2, 0.25) is 0 Å². The minimum absolute atomic E-state index is 0.265. The lowest BCUT2D eigenvalue weighted by Gasteiger charge is -2.15. The zero-order valence-corrected chi connectivity index (χ0v) is 12.4. The molecule has 0 saturated carbocycles. The van der Waals surface area contributed by atoms with Crippen molar-refractivity contribution in [3.63, 3.8) is 0 Å². The van der Waals surface area contributed by atoms with Crippen LogP contribution in [0.3, 0.4) is 0 Å². The normalized spacial score (nSPS) is 10.8. The molecule has 0 fully saturated rings. The lowest BCUT2D eigenvalue weighted by Crippen LogP contribution is -1.98. The van der Waals surface area contributed by atoms with Crippen molar-refractivity contribution in [2.24, 2.45) is 0 Å². The fourth-order valence-electron chi connectivity index (χ4n) is 1.70. The van der Waals surface area contributed by atoms with Gasteiger partial charge in [-0.3, -0.25) is 0 Å². The van der Waals surface area contributed by atoms with E-state index in [9.17, 15) is 0 Å². The maximum Gasteiger partial charge on any atom is 0.0597 e. The topological polar surface area (TPSA) is 20.2 Å². The number of aliphatic hydroxyl groups excluding tert-OH is 1. The standard InChI is InChI=1S/C16H18OS2/c17-13-7-12-16(18-14-8-3-1-4-9-14)19-15-10-5-2-6-11-15/h1-6,8-11,16-17H,7,12-13H2. The highest BCUT2D eigenvalue weighted by Crippen LogP contribution is 2.37. The van der Waals surface area contributed by atoms with E-state index < -0.39 is 0 Å². The Bertz CT molecular complexity index is 417. The van der Waals surface area contributed by atoms with Crippen LogP contribution in [0.5, 0.6) is 0 Å². The lowest BCUT2D eigenvalue weighted by molar-refractivity contribution is 0.286. The molecule has 0 atom stereocenters. The van der Waals surface area contributed by atoms with Gasteiger partial charge in [0.05, 0.1) is 4.58 Å². The summed E-state index contributed by atoms with van der Waals surface area (Å²) >= 11 is 3.75. The van der Waals surface area contributed by atoms with E-state index in [0.29, 0.717) is 4.58 Å². The minimum Gasteiger partial charge on any atom is -0.396 e. The molecule has 1 N–H and O–H groups in total. The Morgan fingerprint density at radius 1 is 0.789 bits per heavy atom. The number of hydrogen-bond acceptors (Lipinski definition) is 3. The Balaban J connectivity index is 1.99. The second kappa shape index (κ2) is 8.31. The molecule has 0 aromatic heterocycles. The molecule has 100 valence electrons. The summed E-state index contributed by atoms with van der Waals surface area (Å²) in [7, 11) is 0. The predicted octanol–water partition coefficient (Wildman–Crippen LogP) is 4.67. The summed E-state index contributed by atoms with van der Waals surface area (Å²) in [5.74, 6) is 0. The molecule has 1 nitrogen and oxygen atoms in total. The highest BCUT2D eigenvalue weighted by molar-refractivity contribution is 8.17. The molecular weight excluding hydrogens is 272 g/mol. The summed E-state index contributed by atoms with van der Waals surface area (Å²) in [5, 5.41) is 9.03. The van der Waals surface area contributed by atoms with Crippen LogP contribution < -0.4 is 0 Å².